The van der Waals surface area contributed by atoms with Crippen LogP contribution in [0.1, 0.15) is 278 Å². The molecule has 0 rings (SSSR count). The molecular weight excluding hydrogens is 925 g/mol. The maximum atomic E-state index is 12.8. The number of hydrogen-bond acceptors (Lipinski definition) is 6. The van der Waals surface area contributed by atoms with Crippen molar-refractivity contribution in [2.75, 3.05) is 13.2 Å². The van der Waals surface area contributed by atoms with Crippen LogP contribution in [0.4, 0.5) is 0 Å². The Labute approximate surface area is 462 Å². The molecule has 0 amide bonds. The molecule has 0 aliphatic heterocycles. The minimum Gasteiger partial charge on any atom is -0.462 e. The molecule has 0 fully saturated rings. The van der Waals surface area contributed by atoms with E-state index in [1.807, 2.05) is 0 Å². The molecule has 0 saturated heterocycles. The molecule has 0 aliphatic carbocycles. The molecule has 75 heavy (non-hydrogen) atoms. The van der Waals surface area contributed by atoms with E-state index in [-0.39, 0.29) is 31.1 Å². The van der Waals surface area contributed by atoms with Gasteiger partial charge in [-0.25, -0.2) is 0 Å². The smallest absolute Gasteiger partial charge is 0.306 e. The van der Waals surface area contributed by atoms with Crippen LogP contribution in [-0.4, -0.2) is 37.2 Å². The lowest BCUT2D eigenvalue weighted by Gasteiger charge is -2.18. The monoisotopic (exact) mass is 1040 g/mol. The van der Waals surface area contributed by atoms with Crippen molar-refractivity contribution in [1.82, 2.24) is 0 Å². The third kappa shape index (κ3) is 60.6. The third-order valence-corrected chi connectivity index (χ3v) is 13.0. The van der Waals surface area contributed by atoms with Crippen LogP contribution < -0.4 is 0 Å². The minimum absolute atomic E-state index is 0.0883. The van der Waals surface area contributed by atoms with Crippen LogP contribution in [0, 0.1) is 0 Å². The molecule has 426 valence electrons. The first-order valence-corrected chi connectivity index (χ1v) is 31.0. The summed E-state index contributed by atoms with van der Waals surface area (Å²) in [5.41, 5.74) is 0. The number of carbonyl (C=O) groups is 3. The van der Waals surface area contributed by atoms with E-state index in [9.17, 15) is 14.4 Å². The summed E-state index contributed by atoms with van der Waals surface area (Å²) in [6.45, 7) is 6.47. The van der Waals surface area contributed by atoms with Gasteiger partial charge in [0.25, 0.3) is 0 Å². The molecule has 0 radical (unpaired) electrons. The van der Waals surface area contributed by atoms with Crippen molar-refractivity contribution >= 4 is 17.9 Å². The van der Waals surface area contributed by atoms with Crippen LogP contribution in [-0.2, 0) is 28.6 Å². The Kier molecular flexibility index (Phi) is 58.9. The van der Waals surface area contributed by atoms with E-state index < -0.39 is 6.10 Å². The summed E-state index contributed by atoms with van der Waals surface area (Å²) >= 11 is 0. The molecule has 0 aromatic rings. The number of hydrogen-bond donors (Lipinski definition) is 0. The van der Waals surface area contributed by atoms with Gasteiger partial charge in [-0.05, 0) is 116 Å². The number of esters is 3. The first-order chi connectivity index (χ1) is 37.0. The highest BCUT2D eigenvalue weighted by Gasteiger charge is 2.19. The Balaban J connectivity index is 4.30. The highest BCUT2D eigenvalue weighted by Crippen LogP contribution is 2.15. The second kappa shape index (κ2) is 62.4. The van der Waals surface area contributed by atoms with Crippen molar-refractivity contribution in [2.45, 2.75) is 284 Å². The van der Waals surface area contributed by atoms with Gasteiger partial charge in [0.2, 0.25) is 0 Å². The fourth-order valence-corrected chi connectivity index (χ4v) is 8.31. The third-order valence-electron chi connectivity index (χ3n) is 13.0. The molecule has 0 aliphatic rings. The number of carbonyl (C=O) groups excluding carboxylic acids is 3. The zero-order valence-corrected chi connectivity index (χ0v) is 48.8. The lowest BCUT2D eigenvalue weighted by Crippen LogP contribution is -2.30. The van der Waals surface area contributed by atoms with Gasteiger partial charge in [-0.2, -0.15) is 0 Å². The van der Waals surface area contributed by atoms with Crippen LogP contribution in [0.2, 0.25) is 0 Å². The van der Waals surface area contributed by atoms with Crippen molar-refractivity contribution in [2.24, 2.45) is 0 Å². The Hall–Kier alpha value is -4.19. The SMILES string of the molecule is CC/C=C\C/C=C\C/C=C\C/C=C\C/C=C\C/C=C\C/C=C\C/C=C\CCCCCCCCC(=O)OCC(COC(=O)CCCCCCCCCCCCC)OC(=O)CCCCCCC/C=C\C/C=C\CCCCC. The maximum Gasteiger partial charge on any atom is 0.306 e. The molecule has 1 atom stereocenters. The van der Waals surface area contributed by atoms with Crippen molar-refractivity contribution in [1.29, 1.82) is 0 Å². The number of rotatable bonds is 55. The van der Waals surface area contributed by atoms with Gasteiger partial charge in [0.05, 0.1) is 0 Å². The molecule has 6 heteroatoms. The van der Waals surface area contributed by atoms with Crippen LogP contribution in [0.3, 0.4) is 0 Å². The second-order valence-corrected chi connectivity index (χ2v) is 20.2. The van der Waals surface area contributed by atoms with Crippen LogP contribution >= 0.6 is 0 Å². The highest BCUT2D eigenvalue weighted by atomic mass is 16.6. The summed E-state index contributed by atoms with van der Waals surface area (Å²) in [4.78, 5) is 38.2. The number of allylic oxidation sites excluding steroid dienone is 20. The molecular formula is C69H114O6. The van der Waals surface area contributed by atoms with Gasteiger partial charge < -0.3 is 14.2 Å². The van der Waals surface area contributed by atoms with Gasteiger partial charge in [0.1, 0.15) is 13.2 Å². The molecule has 0 saturated carbocycles. The van der Waals surface area contributed by atoms with Gasteiger partial charge in [0.15, 0.2) is 6.10 Å². The van der Waals surface area contributed by atoms with Gasteiger partial charge in [-0.3, -0.25) is 14.4 Å². The molecule has 0 heterocycles. The maximum absolute atomic E-state index is 12.8. The van der Waals surface area contributed by atoms with Crippen molar-refractivity contribution < 1.29 is 28.6 Å². The summed E-state index contributed by atoms with van der Waals surface area (Å²) in [6.07, 6.45) is 86.3. The van der Waals surface area contributed by atoms with Gasteiger partial charge in [-0.15, -0.1) is 0 Å². The van der Waals surface area contributed by atoms with Crippen LogP contribution in [0.5, 0.6) is 0 Å². The van der Waals surface area contributed by atoms with Gasteiger partial charge in [-0.1, -0.05) is 264 Å². The fourth-order valence-electron chi connectivity index (χ4n) is 8.31. The summed E-state index contributed by atoms with van der Waals surface area (Å²) in [6, 6.07) is 0. The predicted molar refractivity (Wildman–Crippen MR) is 325 cm³/mol. The Morgan fingerprint density at radius 1 is 0.280 bits per heavy atom. The number of ether oxygens (including phenoxy) is 3. The minimum atomic E-state index is -0.792. The average Bonchev–Trinajstić information content (AvgIpc) is 3.41. The van der Waals surface area contributed by atoms with Crippen molar-refractivity contribution in [3.63, 3.8) is 0 Å². The normalized spacial score (nSPS) is 12.9. The first-order valence-electron chi connectivity index (χ1n) is 31.0. The largest absolute Gasteiger partial charge is 0.462 e. The second-order valence-electron chi connectivity index (χ2n) is 20.2. The van der Waals surface area contributed by atoms with E-state index in [1.165, 1.54) is 89.9 Å². The predicted octanol–water partition coefficient (Wildman–Crippen LogP) is 21.2. The summed E-state index contributed by atoms with van der Waals surface area (Å²) < 4.78 is 16.8. The van der Waals surface area contributed by atoms with Crippen LogP contribution in [0.25, 0.3) is 0 Å². The van der Waals surface area contributed by atoms with E-state index in [1.54, 1.807) is 0 Å². The Morgan fingerprint density at radius 3 is 0.840 bits per heavy atom. The van der Waals surface area contributed by atoms with E-state index in [2.05, 4.69) is 142 Å². The topological polar surface area (TPSA) is 78.9 Å². The lowest BCUT2D eigenvalue weighted by atomic mass is 10.1. The summed E-state index contributed by atoms with van der Waals surface area (Å²) in [5, 5.41) is 0. The standard InChI is InChI=1S/C69H114O6/c1-4-7-10-13-16-19-22-24-26-27-28-29-30-31-32-33-34-35-36-37-38-39-40-41-43-44-47-50-53-56-59-62-68(71)74-65-66(64-73-67(70)61-58-55-52-49-46-21-18-15-12-9-6-3)75-69(72)63-60-57-54-51-48-45-42-25-23-20-17-14-11-8-5-2/h7,10,16-17,19-20,24-26,28-29,31-32,34-35,37-38,40-42,66H,4-6,8-9,11-15,18,21-23,27,30,33,36,39,43-65H2,1-3H3/b10-7-,19-16-,20-17-,26-24-,29-28-,32-31-,35-34-,38-37-,41-40-,42-25-. The van der Waals surface area contributed by atoms with Gasteiger partial charge in [0, 0.05) is 19.3 Å². The number of unbranched alkanes of at least 4 members (excludes halogenated alkanes) is 24. The Morgan fingerprint density at radius 2 is 0.520 bits per heavy atom. The molecule has 0 aromatic carbocycles. The van der Waals surface area contributed by atoms with E-state index in [0.717, 1.165) is 148 Å². The molecule has 0 spiro atoms. The van der Waals surface area contributed by atoms with Crippen molar-refractivity contribution in [3.05, 3.63) is 122 Å². The average molecular weight is 1040 g/mol. The van der Waals surface area contributed by atoms with Crippen molar-refractivity contribution in [3.8, 4) is 0 Å². The van der Waals surface area contributed by atoms with E-state index >= 15 is 0 Å². The molecule has 6 nitrogen and oxygen atoms in total. The molecule has 0 bridgehead atoms. The quantitative estimate of drug-likeness (QED) is 0.0261. The summed E-state index contributed by atoms with van der Waals surface area (Å²) in [7, 11) is 0. The van der Waals surface area contributed by atoms with E-state index in [4.69, 9.17) is 14.2 Å². The fraction of sp³-hybridized carbons (Fsp3) is 0.667. The Bertz CT molecular complexity index is 1570. The summed E-state index contributed by atoms with van der Waals surface area (Å²) in [5.74, 6) is -0.916. The van der Waals surface area contributed by atoms with Crippen LogP contribution in [0.15, 0.2) is 122 Å². The molecule has 0 N–H and O–H groups in total. The van der Waals surface area contributed by atoms with E-state index in [0.29, 0.717) is 19.3 Å². The molecule has 0 aromatic heterocycles. The zero-order chi connectivity index (χ0) is 54.3. The lowest BCUT2D eigenvalue weighted by molar-refractivity contribution is -0.167. The first kappa shape index (κ1) is 70.8. The molecule has 1 unspecified atom stereocenters. The highest BCUT2D eigenvalue weighted by molar-refractivity contribution is 5.71. The van der Waals surface area contributed by atoms with Gasteiger partial charge >= 0.3 is 17.9 Å². The zero-order valence-electron chi connectivity index (χ0n) is 48.8.